The van der Waals surface area contributed by atoms with Crippen LogP contribution in [0.25, 0.3) is 5.69 Å². The molecule has 1 aromatic heterocycles. The van der Waals surface area contributed by atoms with Crippen molar-refractivity contribution in [1.29, 1.82) is 0 Å². The molecule has 4 rings (SSSR count). The zero-order chi connectivity index (χ0) is 21.1. The number of amides is 2. The van der Waals surface area contributed by atoms with Crippen molar-refractivity contribution in [2.45, 2.75) is 58.3 Å². The molecule has 1 N–H and O–H groups in total. The van der Waals surface area contributed by atoms with Crippen molar-refractivity contribution < 1.29 is 9.59 Å². The minimum atomic E-state index is -0.0738. The normalized spacial score (nSPS) is 18.2. The van der Waals surface area contributed by atoms with Crippen molar-refractivity contribution in [1.82, 2.24) is 14.7 Å². The largest absolute Gasteiger partial charge is 0.342 e. The van der Waals surface area contributed by atoms with Crippen LogP contribution in [0.3, 0.4) is 0 Å². The summed E-state index contributed by atoms with van der Waals surface area (Å²) in [6.45, 7) is 5.16. The number of carbonyl (C=O) groups is 2. The maximum absolute atomic E-state index is 13.0. The molecule has 0 bridgehead atoms. The van der Waals surface area contributed by atoms with Crippen molar-refractivity contribution in [3.8, 4) is 5.69 Å². The van der Waals surface area contributed by atoms with Crippen molar-refractivity contribution in [3.05, 3.63) is 42.1 Å². The molecule has 2 aromatic rings. The molecule has 2 aliphatic rings. The molecule has 2 amide bonds. The van der Waals surface area contributed by atoms with Crippen LogP contribution in [0.15, 0.2) is 36.4 Å². The Balaban J connectivity index is 1.48. The lowest BCUT2D eigenvalue weighted by atomic mass is 9.95. The standard InChI is InChI=1S/C24H32N4O2/c1-17(2)24(30)27-14-12-19(13-15-27)23(29)25-22-16-21(18-8-6-7-9-18)26-28(22)20-10-4-3-5-11-20/h3-5,10-11,16-19H,6-9,12-15H2,1-2H3,(H,25,29). The lowest BCUT2D eigenvalue weighted by Gasteiger charge is -2.32. The van der Waals surface area contributed by atoms with E-state index in [2.05, 4.69) is 11.4 Å². The van der Waals surface area contributed by atoms with Gasteiger partial charge in [0.05, 0.1) is 11.4 Å². The Labute approximate surface area is 178 Å². The van der Waals surface area contributed by atoms with Gasteiger partial charge >= 0.3 is 0 Å². The molecular formula is C24H32N4O2. The fourth-order valence-electron chi connectivity index (χ4n) is 4.63. The number of rotatable bonds is 5. The maximum Gasteiger partial charge on any atom is 0.228 e. The van der Waals surface area contributed by atoms with Gasteiger partial charge in [0.1, 0.15) is 5.82 Å². The van der Waals surface area contributed by atoms with Crippen molar-refractivity contribution in [2.24, 2.45) is 11.8 Å². The van der Waals surface area contributed by atoms with E-state index in [1.165, 1.54) is 25.7 Å². The molecule has 0 atom stereocenters. The van der Waals surface area contributed by atoms with Crippen LogP contribution >= 0.6 is 0 Å². The Bertz CT molecular complexity index is 876. The van der Waals surface area contributed by atoms with Crippen LogP contribution in [0.2, 0.25) is 0 Å². The van der Waals surface area contributed by atoms with E-state index in [4.69, 9.17) is 5.10 Å². The highest BCUT2D eigenvalue weighted by molar-refractivity contribution is 5.92. The van der Waals surface area contributed by atoms with Crippen molar-refractivity contribution >= 4 is 17.6 Å². The van der Waals surface area contributed by atoms with E-state index in [0.29, 0.717) is 31.8 Å². The summed E-state index contributed by atoms with van der Waals surface area (Å²) in [6, 6.07) is 12.0. The summed E-state index contributed by atoms with van der Waals surface area (Å²) in [5, 5.41) is 8.01. The summed E-state index contributed by atoms with van der Waals surface area (Å²) in [4.78, 5) is 27.1. The zero-order valence-electron chi connectivity index (χ0n) is 18.0. The number of anilines is 1. The minimum absolute atomic E-state index is 0.00427. The van der Waals surface area contributed by atoms with E-state index < -0.39 is 0 Å². The highest BCUT2D eigenvalue weighted by Crippen LogP contribution is 2.35. The van der Waals surface area contributed by atoms with Gasteiger partial charge < -0.3 is 10.2 Å². The van der Waals surface area contributed by atoms with E-state index in [0.717, 1.165) is 17.2 Å². The Morgan fingerprint density at radius 2 is 1.70 bits per heavy atom. The molecule has 0 unspecified atom stereocenters. The smallest absolute Gasteiger partial charge is 0.228 e. The number of nitrogens with zero attached hydrogens (tertiary/aromatic N) is 3. The number of benzene rings is 1. The molecule has 1 aliphatic carbocycles. The number of nitrogens with one attached hydrogen (secondary N) is 1. The molecule has 1 saturated carbocycles. The molecule has 0 radical (unpaired) electrons. The average molecular weight is 409 g/mol. The fraction of sp³-hybridized carbons (Fsp3) is 0.542. The third kappa shape index (κ3) is 4.42. The van der Waals surface area contributed by atoms with Crippen LogP contribution in [0.5, 0.6) is 0 Å². The molecule has 0 spiro atoms. The van der Waals surface area contributed by atoms with Crippen LogP contribution in [-0.2, 0) is 9.59 Å². The summed E-state index contributed by atoms with van der Waals surface area (Å²) >= 11 is 0. The van der Waals surface area contributed by atoms with Gasteiger partial charge in [-0.05, 0) is 37.8 Å². The maximum atomic E-state index is 13.0. The Morgan fingerprint density at radius 3 is 2.33 bits per heavy atom. The van der Waals surface area contributed by atoms with Crippen LogP contribution in [0.4, 0.5) is 5.82 Å². The Kier molecular flexibility index (Phi) is 6.21. The third-order valence-electron chi connectivity index (χ3n) is 6.43. The molecule has 2 fully saturated rings. The molecule has 160 valence electrons. The van der Waals surface area contributed by atoms with Gasteiger partial charge in [-0.1, -0.05) is 44.9 Å². The van der Waals surface area contributed by atoms with Crippen LogP contribution < -0.4 is 5.32 Å². The SMILES string of the molecule is CC(C)C(=O)N1CCC(C(=O)Nc2cc(C3CCCC3)nn2-c2ccccc2)CC1. The zero-order valence-corrected chi connectivity index (χ0v) is 18.0. The average Bonchev–Trinajstić information content (AvgIpc) is 3.44. The van der Waals surface area contributed by atoms with Gasteiger partial charge in [0.2, 0.25) is 11.8 Å². The third-order valence-corrected chi connectivity index (χ3v) is 6.43. The van der Waals surface area contributed by atoms with Crippen molar-refractivity contribution in [2.75, 3.05) is 18.4 Å². The number of para-hydroxylation sites is 1. The number of likely N-dealkylation sites (tertiary alicyclic amines) is 1. The van der Waals surface area contributed by atoms with Gasteiger partial charge in [0.15, 0.2) is 0 Å². The lowest BCUT2D eigenvalue weighted by Crippen LogP contribution is -2.43. The quantitative estimate of drug-likeness (QED) is 0.799. The summed E-state index contributed by atoms with van der Waals surface area (Å²) in [5.74, 6) is 1.36. The van der Waals surface area contributed by atoms with E-state index in [9.17, 15) is 9.59 Å². The first-order chi connectivity index (χ1) is 14.5. The van der Waals surface area contributed by atoms with Crippen LogP contribution in [0, 0.1) is 11.8 Å². The monoisotopic (exact) mass is 408 g/mol. The molecule has 30 heavy (non-hydrogen) atoms. The molecule has 6 heteroatoms. The lowest BCUT2D eigenvalue weighted by molar-refractivity contribution is -0.137. The molecule has 6 nitrogen and oxygen atoms in total. The van der Waals surface area contributed by atoms with E-state index in [1.54, 1.807) is 0 Å². The summed E-state index contributed by atoms with van der Waals surface area (Å²) in [5.41, 5.74) is 2.03. The first-order valence-corrected chi connectivity index (χ1v) is 11.3. The van der Waals surface area contributed by atoms with E-state index >= 15 is 0 Å². The summed E-state index contributed by atoms with van der Waals surface area (Å²) < 4.78 is 1.86. The number of aromatic nitrogens is 2. The highest BCUT2D eigenvalue weighted by atomic mass is 16.2. The Morgan fingerprint density at radius 1 is 1.03 bits per heavy atom. The van der Waals surface area contributed by atoms with E-state index in [1.807, 2.05) is 53.8 Å². The molecule has 1 aliphatic heterocycles. The van der Waals surface area contributed by atoms with Gasteiger partial charge in [-0.2, -0.15) is 5.10 Å². The first kappa shape index (κ1) is 20.6. The second kappa shape index (κ2) is 9.02. The van der Waals surface area contributed by atoms with Crippen molar-refractivity contribution in [3.63, 3.8) is 0 Å². The van der Waals surface area contributed by atoms with Gasteiger partial charge in [0.25, 0.3) is 0 Å². The summed E-state index contributed by atoms with van der Waals surface area (Å²) in [7, 11) is 0. The van der Waals surface area contributed by atoms with Gasteiger partial charge in [0, 0.05) is 36.9 Å². The predicted molar refractivity (Wildman–Crippen MR) is 118 cm³/mol. The highest BCUT2D eigenvalue weighted by Gasteiger charge is 2.29. The Hall–Kier alpha value is -2.63. The molecular weight excluding hydrogens is 376 g/mol. The molecule has 1 aromatic carbocycles. The van der Waals surface area contributed by atoms with Crippen LogP contribution in [0.1, 0.15) is 64.0 Å². The van der Waals surface area contributed by atoms with E-state index in [-0.39, 0.29) is 23.7 Å². The minimum Gasteiger partial charge on any atom is -0.342 e. The molecule has 2 heterocycles. The number of hydrogen-bond acceptors (Lipinski definition) is 3. The fourth-order valence-corrected chi connectivity index (χ4v) is 4.63. The number of carbonyl (C=O) groups excluding carboxylic acids is 2. The van der Waals surface area contributed by atoms with Gasteiger partial charge in [-0.15, -0.1) is 0 Å². The van der Waals surface area contributed by atoms with Gasteiger partial charge in [-0.25, -0.2) is 4.68 Å². The second-order valence-corrected chi connectivity index (χ2v) is 8.93. The summed E-state index contributed by atoms with van der Waals surface area (Å²) in [6.07, 6.45) is 6.25. The molecule has 1 saturated heterocycles. The second-order valence-electron chi connectivity index (χ2n) is 8.93. The number of piperidine rings is 1. The topological polar surface area (TPSA) is 67.2 Å². The van der Waals surface area contributed by atoms with Gasteiger partial charge in [-0.3, -0.25) is 9.59 Å². The van der Waals surface area contributed by atoms with Crippen LogP contribution in [-0.4, -0.2) is 39.6 Å². The first-order valence-electron chi connectivity index (χ1n) is 11.3. The number of hydrogen-bond donors (Lipinski definition) is 1. The predicted octanol–water partition coefficient (Wildman–Crippen LogP) is 4.36.